The van der Waals surface area contributed by atoms with Crippen molar-refractivity contribution in [2.24, 2.45) is 0 Å². The molecule has 0 atom stereocenters. The molecule has 1 fully saturated rings. The predicted molar refractivity (Wildman–Crippen MR) is 76.2 cm³/mol. The van der Waals surface area contributed by atoms with Gasteiger partial charge in [0.15, 0.2) is 9.84 Å². The van der Waals surface area contributed by atoms with Crippen LogP contribution in [-0.2, 0) is 14.6 Å². The normalized spacial score (nSPS) is 17.4. The number of rotatable bonds is 3. The van der Waals surface area contributed by atoms with E-state index >= 15 is 0 Å². The minimum absolute atomic E-state index is 0.258. The number of nitrogens with two attached hydrogens (primary N) is 1. The van der Waals surface area contributed by atoms with E-state index < -0.39 is 9.84 Å². The Kier molecular flexibility index (Phi) is 4.01. The summed E-state index contributed by atoms with van der Waals surface area (Å²) in [5.74, 6) is 0. The summed E-state index contributed by atoms with van der Waals surface area (Å²) in [6, 6.07) is 5.30. The molecule has 1 heterocycles. The highest BCUT2D eigenvalue weighted by atomic mass is 32.2. The number of anilines is 2. The quantitative estimate of drug-likeness (QED) is 0.847. The van der Waals surface area contributed by atoms with Crippen LogP contribution >= 0.6 is 0 Å². The van der Waals surface area contributed by atoms with Gasteiger partial charge < -0.3 is 15.4 Å². The van der Waals surface area contributed by atoms with Crippen molar-refractivity contribution in [1.82, 2.24) is 0 Å². The molecule has 0 saturated carbocycles. The van der Waals surface area contributed by atoms with E-state index in [2.05, 4.69) is 4.90 Å². The Balaban J connectivity index is 2.25. The maximum atomic E-state index is 11.5. The Hall–Kier alpha value is -1.27. The van der Waals surface area contributed by atoms with Gasteiger partial charge >= 0.3 is 0 Å². The van der Waals surface area contributed by atoms with E-state index in [9.17, 15) is 8.42 Å². The van der Waals surface area contributed by atoms with Gasteiger partial charge in [-0.1, -0.05) is 0 Å². The Labute approximate surface area is 114 Å². The van der Waals surface area contributed by atoms with Crippen LogP contribution in [0.5, 0.6) is 0 Å². The van der Waals surface area contributed by atoms with E-state index in [1.807, 2.05) is 7.05 Å². The fourth-order valence-electron chi connectivity index (χ4n) is 2.35. The van der Waals surface area contributed by atoms with Gasteiger partial charge in [0.2, 0.25) is 0 Å². The second-order valence-corrected chi connectivity index (χ2v) is 6.96. The molecule has 5 nitrogen and oxygen atoms in total. The lowest BCUT2D eigenvalue weighted by atomic mass is 10.1. The molecule has 2 N–H and O–H groups in total. The van der Waals surface area contributed by atoms with Crippen molar-refractivity contribution in [2.45, 2.75) is 23.8 Å². The largest absolute Gasteiger partial charge is 0.397 e. The van der Waals surface area contributed by atoms with Crippen molar-refractivity contribution < 1.29 is 13.2 Å². The summed E-state index contributed by atoms with van der Waals surface area (Å²) >= 11 is 0. The summed E-state index contributed by atoms with van der Waals surface area (Å²) in [4.78, 5) is 2.37. The minimum atomic E-state index is -3.21. The van der Waals surface area contributed by atoms with Crippen molar-refractivity contribution >= 4 is 21.2 Å². The van der Waals surface area contributed by atoms with E-state index in [4.69, 9.17) is 10.5 Å². The van der Waals surface area contributed by atoms with Crippen molar-refractivity contribution in [1.29, 1.82) is 0 Å². The second kappa shape index (κ2) is 5.38. The summed E-state index contributed by atoms with van der Waals surface area (Å²) in [7, 11) is -1.22. The van der Waals surface area contributed by atoms with Gasteiger partial charge in [-0.05, 0) is 31.0 Å². The number of nitrogen functional groups attached to an aromatic ring is 1. The van der Waals surface area contributed by atoms with Crippen LogP contribution in [0, 0.1) is 0 Å². The van der Waals surface area contributed by atoms with Crippen molar-refractivity contribution in [2.75, 3.05) is 37.2 Å². The molecule has 1 aromatic rings. The smallest absolute Gasteiger partial charge is 0.175 e. The first-order chi connectivity index (χ1) is 8.89. The summed E-state index contributed by atoms with van der Waals surface area (Å²) in [5, 5.41) is 0. The number of hydrogen-bond acceptors (Lipinski definition) is 5. The summed E-state index contributed by atoms with van der Waals surface area (Å²) in [6.07, 6.45) is 3.11. The molecule has 2 rings (SSSR count). The Morgan fingerprint density at radius 3 is 2.47 bits per heavy atom. The van der Waals surface area contributed by atoms with Crippen LogP contribution in [0.3, 0.4) is 0 Å². The first-order valence-electron chi connectivity index (χ1n) is 6.30. The molecule has 1 aliphatic heterocycles. The summed E-state index contributed by atoms with van der Waals surface area (Å²) in [6.45, 7) is 1.52. The maximum Gasteiger partial charge on any atom is 0.175 e. The third-order valence-corrected chi connectivity index (χ3v) is 4.66. The SMILES string of the molecule is CN(c1ccc(S(C)(=O)=O)cc1N)C1CCOCC1. The molecule has 6 heteroatoms. The number of sulfone groups is 1. The zero-order valence-electron chi connectivity index (χ0n) is 11.3. The van der Waals surface area contributed by atoms with Crippen LogP contribution in [-0.4, -0.2) is 41.0 Å². The van der Waals surface area contributed by atoms with Crippen molar-refractivity contribution in [3.8, 4) is 0 Å². The van der Waals surface area contributed by atoms with E-state index in [0.29, 0.717) is 11.7 Å². The maximum absolute atomic E-state index is 11.5. The van der Waals surface area contributed by atoms with Gasteiger partial charge in [0.1, 0.15) is 0 Å². The molecule has 0 bridgehead atoms. The standard InChI is InChI=1S/C13H20N2O3S/c1-15(10-5-7-18-8-6-10)13-4-3-11(9-12(13)14)19(2,16)17/h3-4,9-10H,5-8,14H2,1-2H3. The van der Waals surface area contributed by atoms with Gasteiger partial charge in [-0.15, -0.1) is 0 Å². The van der Waals surface area contributed by atoms with Gasteiger partial charge in [0.25, 0.3) is 0 Å². The molecule has 0 aliphatic carbocycles. The minimum Gasteiger partial charge on any atom is -0.397 e. The second-order valence-electron chi connectivity index (χ2n) is 4.95. The fourth-order valence-corrected chi connectivity index (χ4v) is 3.01. The molecule has 19 heavy (non-hydrogen) atoms. The predicted octanol–water partition coefficient (Wildman–Crippen LogP) is 1.29. The highest BCUT2D eigenvalue weighted by Gasteiger charge is 2.20. The topological polar surface area (TPSA) is 72.6 Å². The summed E-state index contributed by atoms with van der Waals surface area (Å²) in [5.41, 5.74) is 7.36. The van der Waals surface area contributed by atoms with Gasteiger partial charge in [-0.2, -0.15) is 0 Å². The molecule has 1 aromatic carbocycles. The molecule has 0 amide bonds. The number of nitrogens with zero attached hydrogens (tertiary/aromatic N) is 1. The summed E-state index contributed by atoms with van der Waals surface area (Å²) < 4.78 is 28.3. The number of hydrogen-bond donors (Lipinski definition) is 1. The lowest BCUT2D eigenvalue weighted by molar-refractivity contribution is 0.0855. The first kappa shape index (κ1) is 14.1. The fraction of sp³-hybridized carbons (Fsp3) is 0.538. The highest BCUT2D eigenvalue weighted by Crippen LogP contribution is 2.29. The molecule has 0 unspecified atom stereocenters. The average molecular weight is 284 g/mol. The number of benzene rings is 1. The zero-order valence-corrected chi connectivity index (χ0v) is 12.1. The Morgan fingerprint density at radius 2 is 1.95 bits per heavy atom. The molecule has 0 spiro atoms. The lowest BCUT2D eigenvalue weighted by Gasteiger charge is -2.33. The molecule has 0 aromatic heterocycles. The highest BCUT2D eigenvalue weighted by molar-refractivity contribution is 7.90. The van der Waals surface area contributed by atoms with E-state index in [0.717, 1.165) is 31.7 Å². The van der Waals surface area contributed by atoms with Crippen LogP contribution in [0.1, 0.15) is 12.8 Å². The number of ether oxygens (including phenoxy) is 1. The molecule has 1 aliphatic rings. The molecule has 0 radical (unpaired) electrons. The van der Waals surface area contributed by atoms with Crippen LogP contribution < -0.4 is 10.6 Å². The monoisotopic (exact) mass is 284 g/mol. The van der Waals surface area contributed by atoms with E-state index in [1.54, 1.807) is 12.1 Å². The van der Waals surface area contributed by atoms with Crippen LogP contribution in [0.25, 0.3) is 0 Å². The Morgan fingerprint density at radius 1 is 1.32 bits per heavy atom. The van der Waals surface area contributed by atoms with Crippen LogP contribution in [0.2, 0.25) is 0 Å². The average Bonchev–Trinajstić information content (AvgIpc) is 2.38. The van der Waals surface area contributed by atoms with Gasteiger partial charge in [0.05, 0.1) is 16.3 Å². The molecule has 1 saturated heterocycles. The third-order valence-electron chi connectivity index (χ3n) is 3.55. The molecular weight excluding hydrogens is 264 g/mol. The van der Waals surface area contributed by atoms with Crippen LogP contribution in [0.4, 0.5) is 11.4 Å². The first-order valence-corrected chi connectivity index (χ1v) is 8.19. The molecule has 106 valence electrons. The van der Waals surface area contributed by atoms with E-state index in [-0.39, 0.29) is 4.90 Å². The Bertz CT molecular complexity index is 551. The van der Waals surface area contributed by atoms with Gasteiger partial charge in [0, 0.05) is 32.6 Å². The van der Waals surface area contributed by atoms with Crippen molar-refractivity contribution in [3.63, 3.8) is 0 Å². The lowest BCUT2D eigenvalue weighted by Crippen LogP contribution is -2.37. The van der Waals surface area contributed by atoms with Crippen LogP contribution in [0.15, 0.2) is 23.1 Å². The van der Waals surface area contributed by atoms with E-state index in [1.165, 1.54) is 12.3 Å². The third kappa shape index (κ3) is 3.19. The van der Waals surface area contributed by atoms with Crippen molar-refractivity contribution in [3.05, 3.63) is 18.2 Å². The van der Waals surface area contributed by atoms with Gasteiger partial charge in [-0.25, -0.2) is 8.42 Å². The molecular formula is C13H20N2O3S. The van der Waals surface area contributed by atoms with Gasteiger partial charge in [-0.3, -0.25) is 0 Å². The zero-order chi connectivity index (χ0) is 14.0.